The molecule has 0 amide bonds. The van der Waals surface area contributed by atoms with Crippen LogP contribution in [0.1, 0.15) is 10.4 Å². The second-order valence-electron chi connectivity index (χ2n) is 3.15. The van der Waals surface area contributed by atoms with E-state index in [1.165, 1.54) is 13.2 Å². The smallest absolute Gasteiger partial charge is 0.390 e. The molecule has 0 bridgehead atoms. The molecule has 0 saturated carbocycles. The minimum absolute atomic E-state index is 0.0798. The number of rotatable bonds is 2. The predicted molar refractivity (Wildman–Crippen MR) is 55.5 cm³/mol. The van der Waals surface area contributed by atoms with Gasteiger partial charge in [-0.3, -0.25) is 0 Å². The van der Waals surface area contributed by atoms with Crippen LogP contribution in [-0.2, 0) is 5.11 Å². The lowest BCUT2D eigenvalue weighted by Gasteiger charge is -2.07. The van der Waals surface area contributed by atoms with Gasteiger partial charge in [0.2, 0.25) is 0 Å². The molecular formula is C12H9O3. The number of ether oxygens (including phenoxy) is 1. The molecule has 3 nitrogen and oxygen atoms in total. The lowest BCUT2D eigenvalue weighted by molar-refractivity contribution is 0.0570. The van der Waals surface area contributed by atoms with Crippen LogP contribution in [0.4, 0.5) is 0 Å². The van der Waals surface area contributed by atoms with E-state index in [4.69, 9.17) is 4.74 Å². The summed E-state index contributed by atoms with van der Waals surface area (Å²) in [6.07, 6.45) is 0. The molecule has 0 aliphatic heterocycles. The van der Waals surface area contributed by atoms with E-state index in [1.54, 1.807) is 6.07 Å². The molecule has 0 aliphatic carbocycles. The van der Waals surface area contributed by atoms with Crippen molar-refractivity contribution < 1.29 is 14.6 Å². The van der Waals surface area contributed by atoms with Crippen LogP contribution in [0.3, 0.4) is 0 Å². The highest BCUT2D eigenvalue weighted by Crippen LogP contribution is 2.29. The highest BCUT2D eigenvalue weighted by Gasteiger charge is 2.14. The molecule has 2 aromatic carbocycles. The Balaban J connectivity index is 2.81. The summed E-state index contributed by atoms with van der Waals surface area (Å²) in [5.74, 6) is -0.870. The Labute approximate surface area is 86.9 Å². The topological polar surface area (TPSA) is 46.2 Å². The minimum Gasteiger partial charge on any atom is -0.495 e. The molecular weight excluding hydrogens is 192 g/mol. The molecule has 0 spiro atoms. The molecule has 0 aliphatic rings. The third-order valence-electron chi connectivity index (χ3n) is 2.30. The van der Waals surface area contributed by atoms with Crippen LogP contribution in [0.15, 0.2) is 36.4 Å². The average molecular weight is 201 g/mol. The second kappa shape index (κ2) is 3.61. The zero-order valence-electron chi connectivity index (χ0n) is 8.19. The van der Waals surface area contributed by atoms with Crippen molar-refractivity contribution >= 4 is 16.7 Å². The third kappa shape index (κ3) is 1.52. The molecule has 0 N–H and O–H groups in total. The van der Waals surface area contributed by atoms with Crippen molar-refractivity contribution in [1.82, 2.24) is 0 Å². The lowest BCUT2D eigenvalue weighted by atomic mass is 10.1. The Kier molecular flexibility index (Phi) is 2.29. The van der Waals surface area contributed by atoms with E-state index in [0.29, 0.717) is 5.75 Å². The first-order chi connectivity index (χ1) is 7.24. The maximum Gasteiger partial charge on any atom is 0.390 e. The van der Waals surface area contributed by atoms with E-state index in [9.17, 15) is 9.90 Å². The van der Waals surface area contributed by atoms with Crippen molar-refractivity contribution in [2.45, 2.75) is 0 Å². The molecule has 15 heavy (non-hydrogen) atoms. The van der Waals surface area contributed by atoms with E-state index >= 15 is 0 Å². The summed E-state index contributed by atoms with van der Waals surface area (Å²) in [5.41, 5.74) is 0.0798. The van der Waals surface area contributed by atoms with Crippen molar-refractivity contribution in [2.24, 2.45) is 0 Å². The highest BCUT2D eigenvalue weighted by molar-refractivity contribution is 6.00. The standard InChI is InChI=1S/C12H9O3/c1-15-11-9-5-3-2-4-8(9)6-7-10(11)12(13)14/h2-7H,1H3. The number of fused-ring (bicyclic) bond motifs is 1. The van der Waals surface area contributed by atoms with Crippen molar-refractivity contribution in [2.75, 3.05) is 7.11 Å². The quantitative estimate of drug-likeness (QED) is 0.749. The number of hydrogen-bond acceptors (Lipinski definition) is 2. The van der Waals surface area contributed by atoms with Crippen LogP contribution in [0.2, 0.25) is 0 Å². The third-order valence-corrected chi connectivity index (χ3v) is 2.30. The molecule has 0 atom stereocenters. The number of carbonyl (C=O) groups is 1. The zero-order chi connectivity index (χ0) is 10.8. The first-order valence-electron chi connectivity index (χ1n) is 4.51. The lowest BCUT2D eigenvalue weighted by Crippen LogP contribution is -1.99. The van der Waals surface area contributed by atoms with E-state index in [2.05, 4.69) is 0 Å². The highest BCUT2D eigenvalue weighted by atomic mass is 16.5. The molecule has 2 aromatic rings. The largest absolute Gasteiger partial charge is 0.495 e. The van der Waals surface area contributed by atoms with E-state index in [-0.39, 0.29) is 5.56 Å². The first kappa shape index (κ1) is 9.52. The van der Waals surface area contributed by atoms with Gasteiger partial charge in [-0.05, 0) is 11.5 Å². The van der Waals surface area contributed by atoms with Gasteiger partial charge in [0.25, 0.3) is 0 Å². The van der Waals surface area contributed by atoms with Gasteiger partial charge in [-0.1, -0.05) is 30.3 Å². The number of methoxy groups -OCH3 is 1. The normalized spacial score (nSPS) is 10.2. The van der Waals surface area contributed by atoms with Crippen LogP contribution in [0, 0.1) is 0 Å². The van der Waals surface area contributed by atoms with Crippen LogP contribution in [-0.4, -0.2) is 13.1 Å². The summed E-state index contributed by atoms with van der Waals surface area (Å²) in [5, 5.41) is 12.6. The SMILES string of the molecule is COc1c(C([O])=O)ccc2ccccc12. The molecule has 0 heterocycles. The first-order valence-corrected chi connectivity index (χ1v) is 4.51. The Morgan fingerprint density at radius 2 is 1.87 bits per heavy atom. The van der Waals surface area contributed by atoms with Gasteiger partial charge in [0.05, 0.1) is 7.11 Å². The molecule has 2 rings (SSSR count). The fraction of sp³-hybridized carbons (Fsp3) is 0.0833. The van der Waals surface area contributed by atoms with E-state index in [0.717, 1.165) is 10.8 Å². The van der Waals surface area contributed by atoms with E-state index in [1.807, 2.05) is 24.3 Å². The maximum absolute atomic E-state index is 10.8. The van der Waals surface area contributed by atoms with E-state index < -0.39 is 5.97 Å². The van der Waals surface area contributed by atoms with Gasteiger partial charge in [-0.25, -0.2) is 9.90 Å². The predicted octanol–water partition coefficient (Wildman–Crippen LogP) is 2.42. The summed E-state index contributed by atoms with van der Waals surface area (Å²) in [6, 6.07) is 10.7. The van der Waals surface area contributed by atoms with Gasteiger partial charge in [-0.2, -0.15) is 0 Å². The van der Waals surface area contributed by atoms with Crippen molar-refractivity contribution in [1.29, 1.82) is 0 Å². The fourth-order valence-electron chi connectivity index (χ4n) is 1.62. The molecule has 0 fully saturated rings. The monoisotopic (exact) mass is 201 g/mol. The molecule has 0 unspecified atom stereocenters. The fourth-order valence-corrected chi connectivity index (χ4v) is 1.62. The summed E-state index contributed by atoms with van der Waals surface area (Å²) in [4.78, 5) is 10.8. The van der Waals surface area contributed by atoms with Crippen LogP contribution < -0.4 is 4.74 Å². The van der Waals surface area contributed by atoms with Crippen LogP contribution in [0.5, 0.6) is 5.75 Å². The second-order valence-corrected chi connectivity index (χ2v) is 3.15. The Morgan fingerprint density at radius 1 is 1.13 bits per heavy atom. The minimum atomic E-state index is -1.22. The summed E-state index contributed by atoms with van der Waals surface area (Å²) >= 11 is 0. The van der Waals surface area contributed by atoms with Crippen molar-refractivity contribution in [3.05, 3.63) is 42.0 Å². The van der Waals surface area contributed by atoms with Gasteiger partial charge < -0.3 is 4.74 Å². The van der Waals surface area contributed by atoms with Crippen molar-refractivity contribution in [3.8, 4) is 5.75 Å². The van der Waals surface area contributed by atoms with Crippen LogP contribution >= 0.6 is 0 Å². The molecule has 1 radical (unpaired) electrons. The maximum atomic E-state index is 10.8. The number of carbonyl (C=O) groups excluding carboxylic acids is 1. The van der Waals surface area contributed by atoms with Gasteiger partial charge >= 0.3 is 5.97 Å². The van der Waals surface area contributed by atoms with Gasteiger partial charge in [0, 0.05) is 5.39 Å². The number of hydrogen-bond donors (Lipinski definition) is 0. The Morgan fingerprint density at radius 3 is 2.53 bits per heavy atom. The van der Waals surface area contributed by atoms with Crippen molar-refractivity contribution in [3.63, 3.8) is 0 Å². The Hall–Kier alpha value is -2.03. The number of benzene rings is 2. The van der Waals surface area contributed by atoms with Crippen LogP contribution in [0.25, 0.3) is 10.8 Å². The zero-order valence-corrected chi connectivity index (χ0v) is 8.19. The summed E-state index contributed by atoms with van der Waals surface area (Å²) in [6.45, 7) is 0. The summed E-state index contributed by atoms with van der Waals surface area (Å²) < 4.78 is 5.10. The molecule has 0 aromatic heterocycles. The molecule has 0 saturated heterocycles. The van der Waals surface area contributed by atoms with Gasteiger partial charge in [0.15, 0.2) is 0 Å². The van der Waals surface area contributed by atoms with Gasteiger partial charge in [-0.15, -0.1) is 0 Å². The summed E-state index contributed by atoms with van der Waals surface area (Å²) in [7, 11) is 1.45. The molecule has 75 valence electrons. The van der Waals surface area contributed by atoms with Gasteiger partial charge in [0.1, 0.15) is 11.3 Å². The molecule has 3 heteroatoms. The average Bonchev–Trinajstić information content (AvgIpc) is 2.27. The Bertz CT molecular complexity index is 517.